The molecule has 0 aliphatic rings. The number of rotatable bonds is 5. The van der Waals surface area contributed by atoms with Gasteiger partial charge >= 0.3 is 0 Å². The predicted octanol–water partition coefficient (Wildman–Crippen LogP) is -0.404. The standard InChI is InChI=1S/C8H17N5/c1-3-13(5-4-9)7-8-6-12(2)11-10-8/h6H,3-5,7,9H2,1-2H3. The van der Waals surface area contributed by atoms with Crippen LogP contribution in [-0.4, -0.2) is 39.5 Å². The number of aryl methyl sites for hydroxylation is 1. The van der Waals surface area contributed by atoms with Crippen molar-refractivity contribution in [2.75, 3.05) is 19.6 Å². The van der Waals surface area contributed by atoms with E-state index in [2.05, 4.69) is 22.1 Å². The molecule has 0 unspecified atom stereocenters. The zero-order valence-electron chi connectivity index (χ0n) is 8.27. The molecule has 1 aromatic rings. The fourth-order valence-corrected chi connectivity index (χ4v) is 1.23. The highest BCUT2D eigenvalue weighted by atomic mass is 15.4. The molecule has 1 aromatic heterocycles. The van der Waals surface area contributed by atoms with Crippen molar-refractivity contribution in [1.29, 1.82) is 0 Å². The van der Waals surface area contributed by atoms with Gasteiger partial charge in [-0.25, -0.2) is 0 Å². The van der Waals surface area contributed by atoms with Crippen LogP contribution >= 0.6 is 0 Å². The zero-order valence-corrected chi connectivity index (χ0v) is 8.27. The Kier molecular flexibility index (Phi) is 3.85. The van der Waals surface area contributed by atoms with E-state index in [1.54, 1.807) is 4.68 Å². The Morgan fingerprint density at radius 3 is 2.85 bits per heavy atom. The Balaban J connectivity index is 2.46. The van der Waals surface area contributed by atoms with Crippen molar-refractivity contribution in [2.45, 2.75) is 13.5 Å². The summed E-state index contributed by atoms with van der Waals surface area (Å²) in [6.45, 7) is 5.54. The fourth-order valence-electron chi connectivity index (χ4n) is 1.23. The Hall–Kier alpha value is -0.940. The molecule has 0 saturated carbocycles. The molecule has 0 saturated heterocycles. The van der Waals surface area contributed by atoms with Crippen LogP contribution < -0.4 is 5.73 Å². The summed E-state index contributed by atoms with van der Waals surface area (Å²) in [5, 5.41) is 7.89. The van der Waals surface area contributed by atoms with Gasteiger partial charge < -0.3 is 5.73 Å². The summed E-state index contributed by atoms with van der Waals surface area (Å²) >= 11 is 0. The Morgan fingerprint density at radius 2 is 2.38 bits per heavy atom. The summed E-state index contributed by atoms with van der Waals surface area (Å²) in [7, 11) is 1.87. The van der Waals surface area contributed by atoms with E-state index < -0.39 is 0 Å². The van der Waals surface area contributed by atoms with Crippen molar-refractivity contribution in [3.05, 3.63) is 11.9 Å². The minimum absolute atomic E-state index is 0.689. The Bertz CT molecular complexity index is 244. The molecular weight excluding hydrogens is 166 g/mol. The van der Waals surface area contributed by atoms with Crippen LogP contribution in [0.25, 0.3) is 0 Å². The van der Waals surface area contributed by atoms with Gasteiger partial charge in [0, 0.05) is 32.9 Å². The van der Waals surface area contributed by atoms with Crippen molar-refractivity contribution in [2.24, 2.45) is 12.8 Å². The van der Waals surface area contributed by atoms with Gasteiger partial charge in [0.25, 0.3) is 0 Å². The molecule has 1 heterocycles. The van der Waals surface area contributed by atoms with Crippen LogP contribution in [0.1, 0.15) is 12.6 Å². The van der Waals surface area contributed by atoms with Gasteiger partial charge in [-0.3, -0.25) is 9.58 Å². The van der Waals surface area contributed by atoms with Gasteiger partial charge in [-0.15, -0.1) is 5.10 Å². The number of likely N-dealkylation sites (N-methyl/N-ethyl adjacent to an activating group) is 1. The first-order chi connectivity index (χ1) is 6.26. The first-order valence-corrected chi connectivity index (χ1v) is 4.54. The third kappa shape index (κ3) is 3.12. The van der Waals surface area contributed by atoms with Crippen LogP contribution in [0.4, 0.5) is 0 Å². The van der Waals surface area contributed by atoms with Crippen molar-refractivity contribution >= 4 is 0 Å². The third-order valence-corrected chi connectivity index (χ3v) is 1.93. The van der Waals surface area contributed by atoms with Crippen molar-refractivity contribution in [3.8, 4) is 0 Å². The number of nitrogens with two attached hydrogens (primary N) is 1. The SMILES string of the molecule is CCN(CCN)Cc1cn(C)nn1. The molecule has 74 valence electrons. The maximum atomic E-state index is 5.48. The summed E-state index contributed by atoms with van der Waals surface area (Å²) in [6, 6.07) is 0. The minimum Gasteiger partial charge on any atom is -0.329 e. The maximum absolute atomic E-state index is 5.48. The van der Waals surface area contributed by atoms with Gasteiger partial charge in [0.2, 0.25) is 0 Å². The molecule has 0 aliphatic heterocycles. The van der Waals surface area contributed by atoms with Crippen molar-refractivity contribution in [3.63, 3.8) is 0 Å². The fraction of sp³-hybridized carbons (Fsp3) is 0.750. The van der Waals surface area contributed by atoms with Gasteiger partial charge in [0.15, 0.2) is 0 Å². The molecular formula is C8H17N5. The second-order valence-electron chi connectivity index (χ2n) is 3.04. The molecule has 0 atom stereocenters. The molecule has 5 heteroatoms. The van der Waals surface area contributed by atoms with Crippen LogP contribution in [-0.2, 0) is 13.6 Å². The highest BCUT2D eigenvalue weighted by molar-refractivity contribution is 4.91. The molecule has 2 N–H and O–H groups in total. The molecule has 13 heavy (non-hydrogen) atoms. The molecule has 1 rings (SSSR count). The second kappa shape index (κ2) is 4.94. The molecule has 5 nitrogen and oxygen atoms in total. The minimum atomic E-state index is 0.689. The Morgan fingerprint density at radius 1 is 1.62 bits per heavy atom. The van der Waals surface area contributed by atoms with Crippen LogP contribution in [0.5, 0.6) is 0 Å². The lowest BCUT2D eigenvalue weighted by molar-refractivity contribution is 0.284. The summed E-state index contributed by atoms with van der Waals surface area (Å²) in [5.74, 6) is 0. The summed E-state index contributed by atoms with van der Waals surface area (Å²) in [4.78, 5) is 2.24. The molecule has 0 radical (unpaired) electrons. The van der Waals surface area contributed by atoms with Gasteiger partial charge in [-0.2, -0.15) is 0 Å². The van der Waals surface area contributed by atoms with E-state index in [1.807, 2.05) is 13.2 Å². The van der Waals surface area contributed by atoms with E-state index in [1.165, 1.54) is 0 Å². The number of hydrogen-bond acceptors (Lipinski definition) is 4. The van der Waals surface area contributed by atoms with Crippen LogP contribution in [0.15, 0.2) is 6.20 Å². The van der Waals surface area contributed by atoms with Crippen LogP contribution in [0.2, 0.25) is 0 Å². The number of hydrogen-bond donors (Lipinski definition) is 1. The highest BCUT2D eigenvalue weighted by Crippen LogP contribution is 1.98. The van der Waals surface area contributed by atoms with E-state index in [9.17, 15) is 0 Å². The highest BCUT2D eigenvalue weighted by Gasteiger charge is 2.04. The number of aromatic nitrogens is 3. The third-order valence-electron chi connectivity index (χ3n) is 1.93. The summed E-state index contributed by atoms with van der Waals surface area (Å²) in [5.41, 5.74) is 6.48. The summed E-state index contributed by atoms with van der Waals surface area (Å²) in [6.07, 6.45) is 1.93. The first-order valence-electron chi connectivity index (χ1n) is 4.54. The monoisotopic (exact) mass is 183 g/mol. The molecule has 0 fully saturated rings. The predicted molar refractivity (Wildman–Crippen MR) is 51.0 cm³/mol. The molecule has 0 aromatic carbocycles. The van der Waals surface area contributed by atoms with Gasteiger partial charge in [0.05, 0.1) is 5.69 Å². The van der Waals surface area contributed by atoms with Gasteiger partial charge in [-0.05, 0) is 6.54 Å². The van der Waals surface area contributed by atoms with E-state index in [4.69, 9.17) is 5.73 Å². The largest absolute Gasteiger partial charge is 0.329 e. The molecule has 0 spiro atoms. The van der Waals surface area contributed by atoms with Crippen molar-refractivity contribution < 1.29 is 0 Å². The lowest BCUT2D eigenvalue weighted by Gasteiger charge is -2.17. The topological polar surface area (TPSA) is 60.0 Å². The quantitative estimate of drug-likeness (QED) is 0.674. The van der Waals surface area contributed by atoms with E-state index >= 15 is 0 Å². The average molecular weight is 183 g/mol. The molecule has 0 bridgehead atoms. The lowest BCUT2D eigenvalue weighted by Crippen LogP contribution is -2.28. The first kappa shape index (κ1) is 10.1. The van der Waals surface area contributed by atoms with Gasteiger partial charge in [0.1, 0.15) is 0 Å². The number of nitrogens with zero attached hydrogens (tertiary/aromatic N) is 4. The second-order valence-corrected chi connectivity index (χ2v) is 3.04. The van der Waals surface area contributed by atoms with E-state index in [0.29, 0.717) is 6.54 Å². The lowest BCUT2D eigenvalue weighted by atomic mass is 10.4. The maximum Gasteiger partial charge on any atom is 0.0967 e. The smallest absolute Gasteiger partial charge is 0.0967 e. The van der Waals surface area contributed by atoms with Crippen LogP contribution in [0.3, 0.4) is 0 Å². The van der Waals surface area contributed by atoms with Gasteiger partial charge in [-0.1, -0.05) is 12.1 Å². The average Bonchev–Trinajstić information content (AvgIpc) is 2.50. The Labute approximate surface area is 78.5 Å². The summed E-state index contributed by atoms with van der Waals surface area (Å²) < 4.78 is 1.71. The normalized spacial score (nSPS) is 11.1. The zero-order chi connectivity index (χ0) is 9.68. The van der Waals surface area contributed by atoms with E-state index in [0.717, 1.165) is 25.3 Å². The van der Waals surface area contributed by atoms with Crippen molar-refractivity contribution in [1.82, 2.24) is 19.9 Å². The molecule has 0 amide bonds. The molecule has 0 aliphatic carbocycles. The van der Waals surface area contributed by atoms with E-state index in [-0.39, 0.29) is 0 Å². The van der Waals surface area contributed by atoms with Crippen LogP contribution in [0, 0.1) is 0 Å².